The van der Waals surface area contributed by atoms with E-state index in [9.17, 15) is 9.59 Å². The van der Waals surface area contributed by atoms with Gasteiger partial charge in [0, 0.05) is 38.4 Å². The van der Waals surface area contributed by atoms with Gasteiger partial charge >= 0.3 is 0 Å². The number of nitrogens with one attached hydrogen (secondary N) is 1. The highest BCUT2D eigenvalue weighted by molar-refractivity contribution is 5.94. The van der Waals surface area contributed by atoms with E-state index in [1.807, 2.05) is 16.5 Å². The van der Waals surface area contributed by atoms with Gasteiger partial charge in [0.15, 0.2) is 0 Å². The third kappa shape index (κ3) is 4.02. The van der Waals surface area contributed by atoms with E-state index in [4.69, 9.17) is 9.47 Å². The highest BCUT2D eigenvalue weighted by Crippen LogP contribution is 2.33. The molecule has 0 bridgehead atoms. The average molecular weight is 444 g/mol. The predicted molar refractivity (Wildman–Crippen MR) is 111 cm³/mol. The van der Waals surface area contributed by atoms with Crippen molar-refractivity contribution in [1.29, 1.82) is 0 Å². The van der Waals surface area contributed by atoms with Crippen LogP contribution in [0.3, 0.4) is 0 Å². The number of amides is 2. The fourth-order valence-electron chi connectivity index (χ4n) is 4.70. The summed E-state index contributed by atoms with van der Waals surface area (Å²) >= 11 is 0. The first-order valence-corrected chi connectivity index (χ1v) is 11.3. The Kier molecular flexibility index (Phi) is 5.68. The van der Waals surface area contributed by atoms with Crippen LogP contribution in [-0.2, 0) is 40.5 Å². The smallest absolute Gasteiger partial charge is 0.257 e. The Bertz CT molecular complexity index is 996. The molecule has 3 aliphatic rings. The molecular weight excluding hydrogens is 414 g/mol. The molecule has 2 saturated heterocycles. The van der Waals surface area contributed by atoms with Crippen molar-refractivity contribution in [3.8, 4) is 0 Å². The standard InChI is InChI=1S/C21H29N7O4/c1-2-27-11-16(9-23-27)20(30)26-6-5-21(13-26)14-28-18(12-32-21)17(24-25-28)10-22-19(29)15-3-7-31-8-4-15/h9,11,15H,2-8,10,12-14H2,1H3,(H,22,29). The number of hydrogen-bond acceptors (Lipinski definition) is 7. The number of fused-ring (bicyclic) bond motifs is 1. The second-order valence-electron chi connectivity index (χ2n) is 8.78. The summed E-state index contributed by atoms with van der Waals surface area (Å²) in [5, 5.41) is 15.8. The Morgan fingerprint density at radius 3 is 2.91 bits per heavy atom. The molecule has 2 amide bonds. The van der Waals surface area contributed by atoms with Gasteiger partial charge in [0.05, 0.1) is 43.7 Å². The molecule has 2 aromatic rings. The Morgan fingerprint density at radius 2 is 2.12 bits per heavy atom. The Balaban J connectivity index is 1.20. The summed E-state index contributed by atoms with van der Waals surface area (Å²) in [6.07, 6.45) is 5.66. The third-order valence-electron chi connectivity index (χ3n) is 6.70. The van der Waals surface area contributed by atoms with Crippen LogP contribution >= 0.6 is 0 Å². The minimum absolute atomic E-state index is 0.00103. The van der Waals surface area contributed by atoms with Crippen LogP contribution < -0.4 is 5.32 Å². The van der Waals surface area contributed by atoms with Crippen molar-refractivity contribution in [2.24, 2.45) is 5.92 Å². The number of likely N-dealkylation sites (tertiary alicyclic amines) is 1. The van der Waals surface area contributed by atoms with Gasteiger partial charge in [-0.1, -0.05) is 5.21 Å². The summed E-state index contributed by atoms with van der Waals surface area (Å²) in [4.78, 5) is 27.1. The SMILES string of the molecule is CCn1cc(C(=O)N2CCC3(C2)Cn2nnc(CNC(=O)C4CCOCC4)c2CO3)cn1. The lowest BCUT2D eigenvalue weighted by atomic mass is 9.99. The van der Waals surface area contributed by atoms with Crippen LogP contribution in [0.2, 0.25) is 0 Å². The molecule has 172 valence electrons. The van der Waals surface area contributed by atoms with E-state index in [-0.39, 0.29) is 17.7 Å². The molecule has 1 atom stereocenters. The lowest BCUT2D eigenvalue weighted by Crippen LogP contribution is -2.45. The second kappa shape index (κ2) is 8.62. The molecule has 0 saturated carbocycles. The molecular formula is C21H29N7O4. The largest absolute Gasteiger partial charge is 0.381 e. The molecule has 2 aromatic heterocycles. The third-order valence-corrected chi connectivity index (χ3v) is 6.70. The summed E-state index contributed by atoms with van der Waals surface area (Å²) in [5.41, 5.74) is 1.76. The van der Waals surface area contributed by atoms with E-state index >= 15 is 0 Å². The van der Waals surface area contributed by atoms with Gasteiger partial charge in [-0.25, -0.2) is 4.68 Å². The van der Waals surface area contributed by atoms with Crippen molar-refractivity contribution in [2.75, 3.05) is 26.3 Å². The minimum atomic E-state index is -0.459. The van der Waals surface area contributed by atoms with Crippen LogP contribution in [0.25, 0.3) is 0 Å². The number of rotatable bonds is 5. The van der Waals surface area contributed by atoms with Gasteiger partial charge in [0.1, 0.15) is 11.3 Å². The number of nitrogens with zero attached hydrogens (tertiary/aromatic N) is 6. The fraction of sp³-hybridized carbons (Fsp3) is 0.667. The Labute approximate surface area is 186 Å². The number of hydrogen-bond donors (Lipinski definition) is 1. The molecule has 0 radical (unpaired) electrons. The van der Waals surface area contributed by atoms with E-state index in [0.717, 1.165) is 37.2 Å². The van der Waals surface area contributed by atoms with Gasteiger partial charge in [-0.15, -0.1) is 5.10 Å². The van der Waals surface area contributed by atoms with Crippen LogP contribution in [0.5, 0.6) is 0 Å². The molecule has 1 N–H and O–H groups in total. The second-order valence-corrected chi connectivity index (χ2v) is 8.78. The normalized spacial score (nSPS) is 23.5. The zero-order chi connectivity index (χ0) is 22.1. The van der Waals surface area contributed by atoms with Crippen LogP contribution in [0.4, 0.5) is 0 Å². The van der Waals surface area contributed by atoms with E-state index in [2.05, 4.69) is 20.7 Å². The van der Waals surface area contributed by atoms with Gasteiger partial charge in [-0.3, -0.25) is 14.3 Å². The molecule has 2 fully saturated rings. The van der Waals surface area contributed by atoms with E-state index < -0.39 is 5.60 Å². The molecule has 5 heterocycles. The van der Waals surface area contributed by atoms with E-state index in [0.29, 0.717) is 51.6 Å². The first kappa shape index (κ1) is 21.1. The Morgan fingerprint density at radius 1 is 1.28 bits per heavy atom. The monoisotopic (exact) mass is 443 g/mol. The summed E-state index contributed by atoms with van der Waals surface area (Å²) < 4.78 is 15.2. The average Bonchev–Trinajstić information content (AvgIpc) is 3.56. The van der Waals surface area contributed by atoms with Crippen LogP contribution in [-0.4, -0.2) is 73.4 Å². The zero-order valence-corrected chi connectivity index (χ0v) is 18.3. The number of ether oxygens (including phenoxy) is 2. The molecule has 3 aliphatic heterocycles. The molecule has 0 aliphatic carbocycles. The van der Waals surface area contributed by atoms with Crippen molar-refractivity contribution < 1.29 is 19.1 Å². The van der Waals surface area contributed by atoms with Crippen molar-refractivity contribution in [2.45, 2.75) is 58.0 Å². The maximum Gasteiger partial charge on any atom is 0.257 e. The van der Waals surface area contributed by atoms with Gasteiger partial charge < -0.3 is 19.7 Å². The summed E-state index contributed by atoms with van der Waals surface area (Å²) in [6, 6.07) is 0. The number of aromatic nitrogens is 5. The summed E-state index contributed by atoms with van der Waals surface area (Å²) in [7, 11) is 0. The Hall–Kier alpha value is -2.79. The first-order chi connectivity index (χ1) is 15.6. The molecule has 0 aromatic carbocycles. The predicted octanol–water partition coefficient (Wildman–Crippen LogP) is 0.352. The van der Waals surface area contributed by atoms with Gasteiger partial charge in [0.25, 0.3) is 5.91 Å². The fourth-order valence-corrected chi connectivity index (χ4v) is 4.70. The van der Waals surface area contributed by atoms with E-state index in [1.54, 1.807) is 17.1 Å². The molecule has 11 nitrogen and oxygen atoms in total. The molecule has 32 heavy (non-hydrogen) atoms. The van der Waals surface area contributed by atoms with Crippen molar-refractivity contribution in [3.05, 3.63) is 29.3 Å². The van der Waals surface area contributed by atoms with Gasteiger partial charge in [0.2, 0.25) is 5.91 Å². The highest BCUT2D eigenvalue weighted by Gasteiger charge is 2.45. The lowest BCUT2D eigenvalue weighted by Gasteiger charge is -2.33. The number of aryl methyl sites for hydroxylation is 1. The molecule has 5 rings (SSSR count). The number of carbonyl (C=O) groups is 2. The lowest BCUT2D eigenvalue weighted by molar-refractivity contribution is -0.128. The van der Waals surface area contributed by atoms with Gasteiger partial charge in [-0.2, -0.15) is 5.10 Å². The summed E-state index contributed by atoms with van der Waals surface area (Å²) in [5.74, 6) is 0.0202. The van der Waals surface area contributed by atoms with Gasteiger partial charge in [-0.05, 0) is 26.2 Å². The van der Waals surface area contributed by atoms with Crippen molar-refractivity contribution >= 4 is 11.8 Å². The maximum atomic E-state index is 12.9. The van der Waals surface area contributed by atoms with Crippen molar-refractivity contribution in [1.82, 2.24) is 35.0 Å². The van der Waals surface area contributed by atoms with Crippen molar-refractivity contribution in [3.63, 3.8) is 0 Å². The topological polar surface area (TPSA) is 116 Å². The van der Waals surface area contributed by atoms with Crippen LogP contribution in [0, 0.1) is 5.92 Å². The first-order valence-electron chi connectivity index (χ1n) is 11.3. The molecule has 1 unspecified atom stereocenters. The van der Waals surface area contributed by atoms with E-state index in [1.165, 1.54) is 0 Å². The maximum absolute atomic E-state index is 12.9. The molecule has 1 spiro atoms. The number of carbonyl (C=O) groups excluding carboxylic acids is 2. The molecule has 11 heteroatoms. The van der Waals surface area contributed by atoms with Crippen LogP contribution in [0.15, 0.2) is 12.4 Å². The summed E-state index contributed by atoms with van der Waals surface area (Å²) in [6.45, 7) is 6.38. The minimum Gasteiger partial charge on any atom is -0.381 e. The van der Waals surface area contributed by atoms with Crippen LogP contribution in [0.1, 0.15) is 47.9 Å². The quantitative estimate of drug-likeness (QED) is 0.709. The zero-order valence-electron chi connectivity index (χ0n) is 18.3. The highest BCUT2D eigenvalue weighted by atomic mass is 16.5.